The first kappa shape index (κ1) is 10.6. The second-order valence-electron chi connectivity index (χ2n) is 1.81. The van der Waals surface area contributed by atoms with E-state index in [0.717, 1.165) is 5.90 Å². The van der Waals surface area contributed by atoms with Gasteiger partial charge >= 0.3 is 5.97 Å². The fraction of sp³-hybridized carbons (Fsp3) is 0.333. The Hall–Kier alpha value is 0.560. The number of carbonyl (C=O) groups is 1. The van der Waals surface area contributed by atoms with E-state index in [1.165, 1.54) is 11.3 Å². The van der Waals surface area contributed by atoms with E-state index in [1.54, 1.807) is 6.92 Å². The van der Waals surface area contributed by atoms with E-state index in [4.69, 9.17) is 4.74 Å². The van der Waals surface area contributed by atoms with Gasteiger partial charge in [0.2, 0.25) is 0 Å². The van der Waals surface area contributed by atoms with Gasteiger partial charge in [0.1, 0.15) is 2.88 Å². The van der Waals surface area contributed by atoms with Gasteiger partial charge in [-0.25, -0.2) is 9.78 Å². The lowest BCUT2D eigenvalue weighted by molar-refractivity contribution is 0.0519. The van der Waals surface area contributed by atoms with Crippen LogP contribution in [0, 0.1) is 5.90 Å². The van der Waals surface area contributed by atoms with Crippen molar-refractivity contribution in [2.75, 3.05) is 6.61 Å². The zero-order chi connectivity index (χ0) is 9.14. The number of nitrogens with zero attached hydrogens (tertiary/aromatic N) is 1. The highest BCUT2D eigenvalue weighted by Gasteiger charge is 2.15. The third-order valence-electron chi connectivity index (χ3n) is 1.03. The zero-order valence-corrected chi connectivity index (χ0v) is 11.3. The summed E-state index contributed by atoms with van der Waals surface area (Å²) in [4.78, 5) is 15.2. The van der Waals surface area contributed by atoms with Crippen molar-refractivity contribution in [3.63, 3.8) is 0 Å². The molecule has 0 radical (unpaired) electrons. The van der Waals surface area contributed by atoms with Gasteiger partial charge in [0.05, 0.1) is 6.61 Å². The minimum absolute atomic E-state index is 0.332. The average molecular weight is 409 g/mol. The Morgan fingerprint density at radius 3 is 2.75 bits per heavy atom. The molecule has 6 heteroatoms. The Morgan fingerprint density at radius 2 is 2.33 bits per heavy atom. The molecule has 0 N–H and O–H groups in total. The van der Waals surface area contributed by atoms with Crippen LogP contribution in [0.4, 0.5) is 0 Å². The second-order valence-corrected chi connectivity index (χ2v) is 6.37. The molecule has 0 bridgehead atoms. The van der Waals surface area contributed by atoms with Crippen LogP contribution in [0.5, 0.6) is 0 Å². The highest BCUT2D eigenvalue weighted by atomic mass is 127. The van der Waals surface area contributed by atoms with Crippen molar-refractivity contribution in [3.8, 4) is 0 Å². The van der Waals surface area contributed by atoms with E-state index in [9.17, 15) is 4.79 Å². The van der Waals surface area contributed by atoms with Crippen LogP contribution in [0.3, 0.4) is 0 Å². The van der Waals surface area contributed by atoms with E-state index >= 15 is 0 Å². The molecule has 0 aliphatic rings. The lowest BCUT2D eigenvalue weighted by Gasteiger charge is -1.96. The number of rotatable bonds is 2. The Bertz CT molecular complexity index is 300. The summed E-state index contributed by atoms with van der Waals surface area (Å²) >= 11 is 5.65. The summed E-state index contributed by atoms with van der Waals surface area (Å²) in [6, 6.07) is 0. The fourth-order valence-electron chi connectivity index (χ4n) is 0.602. The maximum absolute atomic E-state index is 11.2. The van der Waals surface area contributed by atoms with Gasteiger partial charge in [-0.1, -0.05) is 0 Å². The highest BCUT2D eigenvalue weighted by molar-refractivity contribution is 14.1. The van der Waals surface area contributed by atoms with E-state index in [2.05, 4.69) is 50.2 Å². The van der Waals surface area contributed by atoms with Gasteiger partial charge in [-0.15, -0.1) is 11.3 Å². The molecule has 0 aromatic carbocycles. The van der Waals surface area contributed by atoms with Gasteiger partial charge in [0, 0.05) is 0 Å². The topological polar surface area (TPSA) is 39.2 Å². The predicted octanol–water partition coefficient (Wildman–Crippen LogP) is 2.53. The molecule has 0 amide bonds. The van der Waals surface area contributed by atoms with Crippen LogP contribution in [-0.2, 0) is 4.74 Å². The fourth-order valence-corrected chi connectivity index (χ4v) is 4.25. The summed E-state index contributed by atoms with van der Waals surface area (Å²) in [5, 5.41) is 0. The van der Waals surface area contributed by atoms with Crippen molar-refractivity contribution in [2.24, 2.45) is 0 Å². The molecule has 0 saturated heterocycles. The molecule has 1 rings (SSSR count). The molecule has 0 aliphatic heterocycles. The molecule has 12 heavy (non-hydrogen) atoms. The van der Waals surface area contributed by atoms with Gasteiger partial charge in [-0.3, -0.25) is 0 Å². The molecule has 0 saturated carbocycles. The minimum Gasteiger partial charge on any atom is -0.461 e. The number of aromatic nitrogens is 1. The predicted molar refractivity (Wildman–Crippen MR) is 63.5 cm³/mol. The molecular formula is C6H5I2NO2S. The molecule has 1 heterocycles. The van der Waals surface area contributed by atoms with Crippen LogP contribution in [0.1, 0.15) is 17.4 Å². The number of ether oxygens (including phenoxy) is 1. The number of esters is 1. The Morgan fingerprint density at radius 1 is 1.67 bits per heavy atom. The summed E-state index contributed by atoms with van der Waals surface area (Å²) in [6.07, 6.45) is 0. The van der Waals surface area contributed by atoms with E-state index < -0.39 is 0 Å². The molecular weight excluding hydrogens is 404 g/mol. The van der Waals surface area contributed by atoms with Gasteiger partial charge in [0.15, 0.2) is 8.71 Å². The molecule has 0 spiro atoms. The normalized spacial score (nSPS) is 9.92. The first-order valence-electron chi connectivity index (χ1n) is 3.14. The summed E-state index contributed by atoms with van der Waals surface area (Å²) in [5.41, 5.74) is 0.437. The van der Waals surface area contributed by atoms with Crippen LogP contribution < -0.4 is 0 Å². The molecule has 1 aromatic rings. The Labute approximate surface area is 101 Å². The first-order valence-corrected chi connectivity index (χ1v) is 6.11. The van der Waals surface area contributed by atoms with Gasteiger partial charge in [-0.2, -0.15) is 0 Å². The van der Waals surface area contributed by atoms with Crippen LogP contribution in [-0.4, -0.2) is 17.6 Å². The zero-order valence-electron chi connectivity index (χ0n) is 6.13. The maximum Gasteiger partial charge on any atom is 0.358 e. The number of thiazole rings is 1. The lowest BCUT2D eigenvalue weighted by atomic mass is 10.5. The minimum atomic E-state index is -0.332. The van der Waals surface area contributed by atoms with Crippen LogP contribution in [0.15, 0.2) is 0 Å². The van der Waals surface area contributed by atoms with Crippen LogP contribution in [0.2, 0.25) is 0 Å². The smallest absolute Gasteiger partial charge is 0.358 e. The van der Waals surface area contributed by atoms with Gasteiger partial charge < -0.3 is 4.74 Å². The van der Waals surface area contributed by atoms with Crippen LogP contribution >= 0.6 is 56.5 Å². The molecule has 66 valence electrons. The molecule has 0 unspecified atom stereocenters. The number of halogens is 2. The average Bonchev–Trinajstić information content (AvgIpc) is 2.30. The molecule has 0 fully saturated rings. The summed E-state index contributed by atoms with van der Waals surface area (Å²) < 4.78 is 6.57. The van der Waals surface area contributed by atoms with Crippen LogP contribution in [0.25, 0.3) is 0 Å². The molecule has 0 aliphatic carbocycles. The van der Waals surface area contributed by atoms with Crippen molar-refractivity contribution >= 4 is 62.5 Å². The van der Waals surface area contributed by atoms with Crippen molar-refractivity contribution in [3.05, 3.63) is 11.6 Å². The highest BCUT2D eigenvalue weighted by Crippen LogP contribution is 2.22. The summed E-state index contributed by atoms with van der Waals surface area (Å²) in [5.74, 6) is -0.332. The first-order chi connectivity index (χ1) is 5.65. The quantitative estimate of drug-likeness (QED) is 0.557. The SMILES string of the molecule is CCOC(=O)c1nc(I)sc1I. The van der Waals surface area contributed by atoms with Gasteiger partial charge in [0.25, 0.3) is 0 Å². The molecule has 0 atom stereocenters. The Kier molecular flexibility index (Phi) is 4.17. The van der Waals surface area contributed by atoms with Crippen molar-refractivity contribution in [1.82, 2.24) is 4.98 Å². The van der Waals surface area contributed by atoms with Crippen molar-refractivity contribution in [1.29, 1.82) is 0 Å². The van der Waals surface area contributed by atoms with E-state index in [0.29, 0.717) is 12.3 Å². The monoisotopic (exact) mass is 409 g/mol. The largest absolute Gasteiger partial charge is 0.461 e. The maximum atomic E-state index is 11.2. The summed E-state index contributed by atoms with van der Waals surface area (Å²) in [6.45, 7) is 2.17. The lowest BCUT2D eigenvalue weighted by Crippen LogP contribution is -2.06. The second kappa shape index (κ2) is 4.70. The number of hydrogen-bond acceptors (Lipinski definition) is 4. The number of hydrogen-bond donors (Lipinski definition) is 0. The van der Waals surface area contributed by atoms with E-state index in [1.807, 2.05) is 0 Å². The van der Waals surface area contributed by atoms with Crippen molar-refractivity contribution < 1.29 is 9.53 Å². The molecule has 3 nitrogen and oxygen atoms in total. The molecule has 1 aromatic heterocycles. The standard InChI is InChI=1S/C6H5I2NO2S/c1-2-11-5(10)3-4(7)12-6(8)9-3/h2H2,1H3. The third kappa shape index (κ3) is 2.52. The third-order valence-corrected chi connectivity index (χ3v) is 3.73. The number of carbonyl (C=O) groups excluding carboxylic acids is 1. The van der Waals surface area contributed by atoms with Gasteiger partial charge in [-0.05, 0) is 52.1 Å². The van der Waals surface area contributed by atoms with Crippen molar-refractivity contribution in [2.45, 2.75) is 6.92 Å². The van der Waals surface area contributed by atoms with E-state index in [-0.39, 0.29) is 5.97 Å². The Balaban J connectivity index is 2.87. The summed E-state index contributed by atoms with van der Waals surface area (Å²) in [7, 11) is 0.